The summed E-state index contributed by atoms with van der Waals surface area (Å²) in [5.74, 6) is -0.0140. The van der Waals surface area contributed by atoms with Gasteiger partial charge in [-0.05, 0) is 44.3 Å². The molecule has 1 aromatic carbocycles. The van der Waals surface area contributed by atoms with Gasteiger partial charge in [-0.3, -0.25) is 14.0 Å². The van der Waals surface area contributed by atoms with Crippen LogP contribution in [0.25, 0.3) is 15.2 Å². The Kier molecular flexibility index (Phi) is 8.98. The predicted molar refractivity (Wildman–Crippen MR) is 126 cm³/mol. The highest BCUT2D eigenvalue weighted by Gasteiger charge is 2.20. The Balaban J connectivity index is 0.000000913. The van der Waals surface area contributed by atoms with Crippen molar-refractivity contribution in [3.63, 3.8) is 0 Å². The Morgan fingerprint density at radius 1 is 1.44 bits per heavy atom. The monoisotopic (exact) mass is 461 g/mol. The number of morpholine rings is 1. The first-order chi connectivity index (χ1) is 15.6. The Morgan fingerprint density at radius 3 is 2.91 bits per heavy atom. The number of nitrogens with one attached hydrogen (secondary N) is 2. The first-order valence-corrected chi connectivity index (χ1v) is 11.7. The highest BCUT2D eigenvalue weighted by molar-refractivity contribution is 7.23. The van der Waals surface area contributed by atoms with E-state index in [-0.39, 0.29) is 18.5 Å². The molecule has 0 radical (unpaired) electrons. The van der Waals surface area contributed by atoms with Gasteiger partial charge in [0.2, 0.25) is 0 Å². The molecule has 3 aromatic rings. The van der Waals surface area contributed by atoms with E-state index in [2.05, 4.69) is 40.0 Å². The van der Waals surface area contributed by atoms with E-state index in [1.54, 1.807) is 11.3 Å². The van der Waals surface area contributed by atoms with Crippen molar-refractivity contribution in [1.29, 1.82) is 0 Å². The molecule has 4 rings (SSSR count). The third kappa shape index (κ3) is 5.83. The van der Waals surface area contributed by atoms with E-state index in [9.17, 15) is 4.79 Å². The summed E-state index contributed by atoms with van der Waals surface area (Å²) >= 11 is 1.61. The average Bonchev–Trinajstić information content (AvgIpc) is 3.38. The maximum absolute atomic E-state index is 12.5. The number of imidazole rings is 1. The van der Waals surface area contributed by atoms with E-state index in [0.29, 0.717) is 18.7 Å². The second-order valence-electron chi connectivity index (χ2n) is 7.41. The Morgan fingerprint density at radius 2 is 2.22 bits per heavy atom. The van der Waals surface area contributed by atoms with E-state index < -0.39 is 0 Å². The summed E-state index contributed by atoms with van der Waals surface area (Å²) in [5, 5.41) is 13.3. The fourth-order valence-corrected chi connectivity index (χ4v) is 4.77. The van der Waals surface area contributed by atoms with Gasteiger partial charge in [-0.2, -0.15) is 0 Å². The summed E-state index contributed by atoms with van der Waals surface area (Å²) in [6.07, 6.45) is 3.02. The van der Waals surface area contributed by atoms with Crippen molar-refractivity contribution in [3.8, 4) is 0 Å². The lowest BCUT2D eigenvalue weighted by atomic mass is 10.2. The molecule has 10 heteroatoms. The zero-order valence-electron chi connectivity index (χ0n) is 18.5. The number of benzene rings is 1. The zero-order valence-corrected chi connectivity index (χ0v) is 19.4. The smallest absolute Gasteiger partial charge is 0.290 e. The molecule has 1 aliphatic heterocycles. The van der Waals surface area contributed by atoms with Crippen LogP contribution in [-0.4, -0.2) is 77.6 Å². The Labute approximate surface area is 191 Å². The van der Waals surface area contributed by atoms with Crippen molar-refractivity contribution in [1.82, 2.24) is 24.9 Å². The van der Waals surface area contributed by atoms with Crippen LogP contribution in [0, 0.1) is 0 Å². The molecule has 1 atom stereocenters. The third-order valence-electron chi connectivity index (χ3n) is 5.46. The lowest BCUT2D eigenvalue weighted by Gasteiger charge is -2.21. The SMILES string of the molecule is CCN(CC)CCCNC(=O)c1ccc2c(c1)sc1nc(C3CNCCO3)cn12.O=CO. The van der Waals surface area contributed by atoms with Gasteiger partial charge < -0.3 is 25.4 Å². The van der Waals surface area contributed by atoms with Crippen molar-refractivity contribution < 1.29 is 19.4 Å². The first-order valence-electron chi connectivity index (χ1n) is 10.9. The first kappa shape index (κ1) is 24.1. The molecule has 2 aromatic heterocycles. The molecule has 32 heavy (non-hydrogen) atoms. The number of amides is 1. The standard InChI is InChI=1S/C21H29N5O2S.CH2O2/c1-3-25(4-2)10-5-8-23-20(27)15-6-7-17-19(12-15)29-21-24-16(14-26(17)21)18-13-22-9-11-28-18;2-1-3/h6-7,12,14,18,22H,3-5,8-11,13H2,1-2H3,(H,23,27);1H,(H,2,3). The second kappa shape index (κ2) is 11.9. The number of hydrogen-bond donors (Lipinski definition) is 3. The van der Waals surface area contributed by atoms with Gasteiger partial charge in [0.15, 0.2) is 4.96 Å². The van der Waals surface area contributed by atoms with Gasteiger partial charge in [0.05, 0.1) is 22.5 Å². The number of aromatic nitrogens is 2. The minimum absolute atomic E-state index is 0.00675. The van der Waals surface area contributed by atoms with Crippen LogP contribution >= 0.6 is 11.3 Å². The van der Waals surface area contributed by atoms with E-state index in [1.807, 2.05) is 18.2 Å². The van der Waals surface area contributed by atoms with Crippen LogP contribution < -0.4 is 10.6 Å². The molecule has 1 saturated heterocycles. The number of hydrogen-bond acceptors (Lipinski definition) is 7. The molecule has 3 heterocycles. The summed E-state index contributed by atoms with van der Waals surface area (Å²) in [6.45, 7) is 10.3. The molecule has 0 bridgehead atoms. The van der Waals surface area contributed by atoms with Crippen LogP contribution in [0.4, 0.5) is 0 Å². The molecule has 1 amide bonds. The Bertz CT molecular complexity index is 1020. The average molecular weight is 462 g/mol. The topological polar surface area (TPSA) is 108 Å². The van der Waals surface area contributed by atoms with E-state index in [0.717, 1.165) is 60.0 Å². The summed E-state index contributed by atoms with van der Waals surface area (Å²) in [4.78, 5) is 28.9. The lowest BCUT2D eigenvalue weighted by molar-refractivity contribution is -0.122. The van der Waals surface area contributed by atoms with Crippen molar-refractivity contribution in [2.45, 2.75) is 26.4 Å². The van der Waals surface area contributed by atoms with Crippen molar-refractivity contribution in [3.05, 3.63) is 35.7 Å². The van der Waals surface area contributed by atoms with Crippen LogP contribution in [0.3, 0.4) is 0 Å². The fourth-order valence-electron chi connectivity index (χ4n) is 3.72. The molecule has 1 fully saturated rings. The predicted octanol–water partition coefficient (Wildman–Crippen LogP) is 2.37. The number of ether oxygens (including phenoxy) is 1. The minimum atomic E-state index is -0.250. The number of fused-ring (bicyclic) bond motifs is 3. The van der Waals surface area contributed by atoms with Gasteiger partial charge in [0.1, 0.15) is 6.10 Å². The number of thiazole rings is 1. The van der Waals surface area contributed by atoms with E-state index >= 15 is 0 Å². The van der Waals surface area contributed by atoms with E-state index in [4.69, 9.17) is 19.6 Å². The van der Waals surface area contributed by atoms with Crippen molar-refractivity contribution in [2.24, 2.45) is 0 Å². The van der Waals surface area contributed by atoms with Gasteiger partial charge >= 0.3 is 0 Å². The number of nitrogens with zero attached hydrogens (tertiary/aromatic N) is 3. The van der Waals surface area contributed by atoms with Crippen molar-refractivity contribution in [2.75, 3.05) is 45.9 Å². The van der Waals surface area contributed by atoms with Crippen LogP contribution in [0.5, 0.6) is 0 Å². The Hall–Kier alpha value is -2.53. The number of rotatable bonds is 8. The minimum Gasteiger partial charge on any atom is -0.483 e. The highest BCUT2D eigenvalue weighted by Crippen LogP contribution is 2.29. The molecule has 9 nitrogen and oxygen atoms in total. The van der Waals surface area contributed by atoms with Gasteiger partial charge in [-0.1, -0.05) is 25.2 Å². The molecule has 0 saturated carbocycles. The van der Waals surface area contributed by atoms with E-state index in [1.165, 1.54) is 0 Å². The molecular weight excluding hydrogens is 430 g/mol. The molecule has 174 valence electrons. The summed E-state index contributed by atoms with van der Waals surface area (Å²) in [6, 6.07) is 5.87. The lowest BCUT2D eigenvalue weighted by Crippen LogP contribution is -2.33. The number of carboxylic acid groups (broad SMARTS) is 1. The van der Waals surface area contributed by atoms with Crippen LogP contribution in [-0.2, 0) is 9.53 Å². The molecular formula is C22H31N5O4S. The molecule has 0 spiro atoms. The highest BCUT2D eigenvalue weighted by atomic mass is 32.1. The molecule has 1 aliphatic rings. The summed E-state index contributed by atoms with van der Waals surface area (Å²) in [5.41, 5.74) is 2.73. The summed E-state index contributed by atoms with van der Waals surface area (Å²) < 4.78 is 8.98. The van der Waals surface area contributed by atoms with Gasteiger partial charge in [0.25, 0.3) is 12.4 Å². The summed E-state index contributed by atoms with van der Waals surface area (Å²) in [7, 11) is 0. The van der Waals surface area contributed by atoms with Crippen LogP contribution in [0.1, 0.15) is 42.4 Å². The number of carbonyl (C=O) groups is 2. The maximum atomic E-state index is 12.5. The van der Waals surface area contributed by atoms with Gasteiger partial charge in [-0.15, -0.1) is 0 Å². The maximum Gasteiger partial charge on any atom is 0.290 e. The van der Waals surface area contributed by atoms with Gasteiger partial charge in [0, 0.05) is 31.4 Å². The molecule has 1 unspecified atom stereocenters. The normalized spacial score (nSPS) is 16.2. The van der Waals surface area contributed by atoms with Crippen LogP contribution in [0.15, 0.2) is 24.4 Å². The molecule has 0 aliphatic carbocycles. The van der Waals surface area contributed by atoms with Crippen LogP contribution in [0.2, 0.25) is 0 Å². The quantitative estimate of drug-likeness (QED) is 0.349. The second-order valence-corrected chi connectivity index (χ2v) is 8.42. The molecule has 3 N–H and O–H groups in total. The largest absolute Gasteiger partial charge is 0.483 e. The third-order valence-corrected chi connectivity index (χ3v) is 6.48. The van der Waals surface area contributed by atoms with Crippen molar-refractivity contribution >= 4 is 38.9 Å². The van der Waals surface area contributed by atoms with Gasteiger partial charge in [-0.25, -0.2) is 4.98 Å². The fraction of sp³-hybridized carbons (Fsp3) is 0.500. The zero-order chi connectivity index (χ0) is 22.9. The number of carbonyl (C=O) groups excluding carboxylic acids is 1.